The van der Waals surface area contributed by atoms with Gasteiger partial charge in [0.25, 0.3) is 0 Å². The Morgan fingerprint density at radius 1 is 1.03 bits per heavy atom. The lowest BCUT2D eigenvalue weighted by Crippen LogP contribution is -2.59. The van der Waals surface area contributed by atoms with Gasteiger partial charge in [0.1, 0.15) is 12.1 Å². The van der Waals surface area contributed by atoms with E-state index in [4.69, 9.17) is 9.84 Å². The molecule has 1 fully saturated rings. The molecule has 0 bridgehead atoms. The SMILES string of the molecule is CN(CCCCC(=O)O)C(=O)C(C)(NC(=O)OCC1c2ccccc2-c2ccccc21)C1CC1. The van der Waals surface area contributed by atoms with Gasteiger partial charge in [-0.2, -0.15) is 0 Å². The first-order chi connectivity index (χ1) is 16.3. The zero-order chi connectivity index (χ0) is 24.3. The first-order valence-electron chi connectivity index (χ1n) is 11.9. The number of alkyl carbamates (subject to hydrolysis) is 1. The Labute approximate surface area is 200 Å². The van der Waals surface area contributed by atoms with Crippen molar-refractivity contribution in [3.05, 3.63) is 59.7 Å². The molecule has 0 saturated heterocycles. The van der Waals surface area contributed by atoms with Gasteiger partial charge in [-0.1, -0.05) is 48.5 Å². The molecule has 2 aromatic carbocycles. The van der Waals surface area contributed by atoms with Crippen LogP contribution in [0.5, 0.6) is 0 Å². The van der Waals surface area contributed by atoms with Crippen LogP contribution in [0.15, 0.2) is 48.5 Å². The first-order valence-corrected chi connectivity index (χ1v) is 11.9. The van der Waals surface area contributed by atoms with Gasteiger partial charge >= 0.3 is 12.1 Å². The van der Waals surface area contributed by atoms with Crippen molar-refractivity contribution < 1.29 is 24.2 Å². The van der Waals surface area contributed by atoms with Crippen molar-refractivity contribution in [2.45, 2.75) is 50.5 Å². The van der Waals surface area contributed by atoms with E-state index >= 15 is 0 Å². The summed E-state index contributed by atoms with van der Waals surface area (Å²) >= 11 is 0. The molecule has 7 heteroatoms. The van der Waals surface area contributed by atoms with Crippen molar-refractivity contribution in [2.75, 3.05) is 20.2 Å². The largest absolute Gasteiger partial charge is 0.481 e. The second-order valence-electron chi connectivity index (χ2n) is 9.50. The van der Waals surface area contributed by atoms with E-state index in [9.17, 15) is 14.4 Å². The average molecular weight is 465 g/mol. The van der Waals surface area contributed by atoms with Crippen LogP contribution in [0.3, 0.4) is 0 Å². The molecule has 7 nitrogen and oxygen atoms in total. The zero-order valence-corrected chi connectivity index (χ0v) is 19.8. The number of aliphatic carboxylic acids is 1. The van der Waals surface area contributed by atoms with Gasteiger partial charge in [0.2, 0.25) is 5.91 Å². The number of rotatable bonds is 10. The average Bonchev–Trinajstić information content (AvgIpc) is 3.63. The van der Waals surface area contributed by atoms with Gasteiger partial charge in [0.15, 0.2) is 0 Å². The van der Waals surface area contributed by atoms with E-state index in [-0.39, 0.29) is 30.8 Å². The van der Waals surface area contributed by atoms with Crippen molar-refractivity contribution in [3.8, 4) is 11.1 Å². The molecule has 0 heterocycles. The Morgan fingerprint density at radius 2 is 1.62 bits per heavy atom. The molecule has 2 aliphatic carbocycles. The summed E-state index contributed by atoms with van der Waals surface area (Å²) in [6.07, 6.45) is 2.34. The van der Waals surface area contributed by atoms with E-state index in [2.05, 4.69) is 29.6 Å². The lowest BCUT2D eigenvalue weighted by Gasteiger charge is -2.33. The molecular formula is C27H32N2O5. The molecule has 0 spiro atoms. The Bertz CT molecular complexity index is 1030. The van der Waals surface area contributed by atoms with Crippen molar-refractivity contribution in [1.82, 2.24) is 10.2 Å². The summed E-state index contributed by atoms with van der Waals surface area (Å²) in [4.78, 5) is 38.4. The van der Waals surface area contributed by atoms with E-state index in [1.54, 1.807) is 18.9 Å². The number of carbonyl (C=O) groups is 3. The monoisotopic (exact) mass is 464 g/mol. The van der Waals surface area contributed by atoms with Crippen LogP contribution in [0, 0.1) is 5.92 Å². The highest BCUT2D eigenvalue weighted by molar-refractivity contribution is 5.90. The summed E-state index contributed by atoms with van der Waals surface area (Å²) in [7, 11) is 1.70. The van der Waals surface area contributed by atoms with E-state index in [0.29, 0.717) is 19.4 Å². The van der Waals surface area contributed by atoms with Crippen LogP contribution in [-0.2, 0) is 14.3 Å². The van der Waals surface area contributed by atoms with E-state index in [1.807, 2.05) is 24.3 Å². The molecule has 1 saturated carbocycles. The molecule has 1 atom stereocenters. The maximum atomic E-state index is 13.2. The van der Waals surface area contributed by atoms with Crippen LogP contribution < -0.4 is 5.32 Å². The summed E-state index contributed by atoms with van der Waals surface area (Å²) in [5.41, 5.74) is 3.56. The van der Waals surface area contributed by atoms with Crippen molar-refractivity contribution in [2.24, 2.45) is 5.92 Å². The second-order valence-corrected chi connectivity index (χ2v) is 9.50. The number of amides is 2. The number of unbranched alkanes of at least 4 members (excludes halogenated alkanes) is 1. The molecule has 4 rings (SSSR count). The topological polar surface area (TPSA) is 95.9 Å². The molecule has 2 aliphatic rings. The van der Waals surface area contributed by atoms with Gasteiger partial charge in [-0.05, 0) is 60.8 Å². The van der Waals surface area contributed by atoms with Gasteiger partial charge in [0, 0.05) is 25.9 Å². The lowest BCUT2D eigenvalue weighted by atomic mass is 9.94. The lowest BCUT2D eigenvalue weighted by molar-refractivity contribution is -0.137. The van der Waals surface area contributed by atoms with Gasteiger partial charge in [-0.25, -0.2) is 4.79 Å². The predicted octanol–water partition coefficient (Wildman–Crippen LogP) is 4.41. The third-order valence-corrected chi connectivity index (χ3v) is 7.02. The third-order valence-electron chi connectivity index (χ3n) is 7.02. The highest BCUT2D eigenvalue weighted by atomic mass is 16.5. The van der Waals surface area contributed by atoms with Gasteiger partial charge < -0.3 is 20.1 Å². The highest BCUT2D eigenvalue weighted by Gasteiger charge is 2.49. The Kier molecular flexibility index (Phi) is 6.91. The second kappa shape index (κ2) is 9.87. The maximum absolute atomic E-state index is 13.2. The maximum Gasteiger partial charge on any atom is 0.408 e. The summed E-state index contributed by atoms with van der Waals surface area (Å²) < 4.78 is 5.68. The number of carboxylic acid groups (broad SMARTS) is 1. The van der Waals surface area contributed by atoms with Crippen LogP contribution >= 0.6 is 0 Å². The van der Waals surface area contributed by atoms with Crippen LogP contribution in [0.25, 0.3) is 11.1 Å². The molecule has 2 N–H and O–H groups in total. The van der Waals surface area contributed by atoms with Gasteiger partial charge in [-0.15, -0.1) is 0 Å². The quantitative estimate of drug-likeness (QED) is 0.508. The standard InChI is InChI=1S/C27H32N2O5/c1-27(18-14-15-18,25(32)29(2)16-8-7-13-24(30)31)28-26(33)34-17-23-21-11-5-3-9-19(21)20-10-4-6-12-22(20)23/h3-6,9-12,18,23H,7-8,13-17H2,1-2H3,(H,28,33)(H,30,31). The minimum Gasteiger partial charge on any atom is -0.481 e. The molecular weight excluding hydrogens is 432 g/mol. The summed E-state index contributed by atoms with van der Waals surface area (Å²) in [5.74, 6) is -0.979. The van der Waals surface area contributed by atoms with E-state index in [1.165, 1.54) is 0 Å². The smallest absolute Gasteiger partial charge is 0.408 e. The number of ether oxygens (including phenoxy) is 1. The van der Waals surface area contributed by atoms with Crippen LogP contribution in [0.4, 0.5) is 4.79 Å². The number of carboxylic acids is 1. The third kappa shape index (κ3) is 4.93. The normalized spacial score (nSPS) is 16.2. The molecule has 180 valence electrons. The molecule has 0 aliphatic heterocycles. The number of hydrogen-bond donors (Lipinski definition) is 2. The molecule has 2 aromatic rings. The summed E-state index contributed by atoms with van der Waals surface area (Å²) in [6.45, 7) is 2.41. The highest BCUT2D eigenvalue weighted by Crippen LogP contribution is 2.45. The summed E-state index contributed by atoms with van der Waals surface area (Å²) in [6, 6.07) is 16.3. The summed E-state index contributed by atoms with van der Waals surface area (Å²) in [5, 5.41) is 11.7. The number of hydrogen-bond acceptors (Lipinski definition) is 4. The van der Waals surface area contributed by atoms with Crippen LogP contribution in [0.2, 0.25) is 0 Å². The Balaban J connectivity index is 1.38. The number of nitrogens with zero attached hydrogens (tertiary/aromatic N) is 1. The van der Waals surface area contributed by atoms with Crippen molar-refractivity contribution in [3.63, 3.8) is 0 Å². The fourth-order valence-electron chi connectivity index (χ4n) is 4.96. The molecule has 2 amide bonds. The van der Waals surface area contributed by atoms with Gasteiger partial charge in [0.05, 0.1) is 0 Å². The van der Waals surface area contributed by atoms with Crippen molar-refractivity contribution >= 4 is 18.0 Å². The van der Waals surface area contributed by atoms with Crippen LogP contribution in [-0.4, -0.2) is 53.7 Å². The molecule has 0 radical (unpaired) electrons. The van der Waals surface area contributed by atoms with Gasteiger partial charge in [-0.3, -0.25) is 9.59 Å². The first kappa shape index (κ1) is 23.8. The minimum absolute atomic E-state index is 0.0436. The Hall–Kier alpha value is -3.35. The van der Waals surface area contributed by atoms with E-state index in [0.717, 1.165) is 35.1 Å². The zero-order valence-electron chi connectivity index (χ0n) is 19.8. The molecule has 1 unspecified atom stereocenters. The number of likely N-dealkylation sites (N-methyl/N-ethyl adjacent to an activating group) is 1. The number of fused-ring (bicyclic) bond motifs is 3. The van der Waals surface area contributed by atoms with Crippen LogP contribution in [0.1, 0.15) is 56.1 Å². The predicted molar refractivity (Wildman–Crippen MR) is 128 cm³/mol. The van der Waals surface area contributed by atoms with E-state index < -0.39 is 17.6 Å². The number of nitrogens with one attached hydrogen (secondary N) is 1. The van der Waals surface area contributed by atoms with Crippen molar-refractivity contribution in [1.29, 1.82) is 0 Å². The molecule has 0 aromatic heterocycles. The number of benzene rings is 2. The number of carbonyl (C=O) groups excluding carboxylic acids is 2. The Morgan fingerprint density at radius 3 is 2.18 bits per heavy atom. The molecule has 34 heavy (non-hydrogen) atoms. The minimum atomic E-state index is -1.04. The fourth-order valence-corrected chi connectivity index (χ4v) is 4.96. The fraction of sp³-hybridized carbons (Fsp3) is 0.444.